The summed E-state index contributed by atoms with van der Waals surface area (Å²) in [6, 6.07) is 12.1. The fourth-order valence-corrected chi connectivity index (χ4v) is 3.83. The van der Waals surface area contributed by atoms with Crippen molar-refractivity contribution in [1.82, 2.24) is 4.90 Å². The lowest BCUT2D eigenvalue weighted by molar-refractivity contribution is 0.233. The molecule has 0 radical (unpaired) electrons. The molecule has 2 aromatic rings. The second-order valence-corrected chi connectivity index (χ2v) is 6.81. The van der Waals surface area contributed by atoms with Gasteiger partial charge in [-0.2, -0.15) is 0 Å². The molecule has 0 fully saturated rings. The van der Waals surface area contributed by atoms with Gasteiger partial charge in [-0.25, -0.2) is 4.21 Å². The van der Waals surface area contributed by atoms with Crippen LogP contribution in [0.4, 0.5) is 0 Å². The Balaban J connectivity index is 1.94. The summed E-state index contributed by atoms with van der Waals surface area (Å²) >= 11 is 6.12. The highest BCUT2D eigenvalue weighted by Crippen LogP contribution is 2.35. The monoisotopic (exact) mass is 353 g/mol. The zero-order valence-corrected chi connectivity index (χ0v) is 13.7. The quantitative estimate of drug-likeness (QED) is 0.835. The van der Waals surface area contributed by atoms with E-state index < -0.39 is 24.8 Å². The lowest BCUT2D eigenvalue weighted by Gasteiger charge is -2.15. The minimum absolute atomic E-state index is 0.191. The van der Waals surface area contributed by atoms with Crippen LogP contribution in [0.1, 0.15) is 19.4 Å². The molecule has 0 saturated carbocycles. The lowest BCUT2D eigenvalue weighted by atomic mass is 10.1. The highest BCUT2D eigenvalue weighted by Gasteiger charge is 2.22. The molecule has 0 amide bonds. The third-order valence-corrected chi connectivity index (χ3v) is 5.15. The maximum absolute atomic E-state index is 13.1. The predicted molar refractivity (Wildman–Crippen MR) is 94.9 cm³/mol. The lowest BCUT2D eigenvalue weighted by Crippen LogP contribution is -2.17. The van der Waals surface area contributed by atoms with Crippen molar-refractivity contribution in [3.05, 3.63) is 58.6 Å². The van der Waals surface area contributed by atoms with Crippen molar-refractivity contribution in [2.24, 2.45) is 0 Å². The molecule has 0 spiro atoms. The maximum Gasteiger partial charge on any atom is 0.128 e. The summed E-state index contributed by atoms with van der Waals surface area (Å²) in [4.78, 5) is 1.55. The minimum Gasteiger partial charge on any atom is -0.492 e. The molecule has 5 heteroatoms. The van der Waals surface area contributed by atoms with Crippen LogP contribution in [0.5, 0.6) is 0 Å². The molecule has 3 nitrogen and oxygen atoms in total. The fraction of sp³-hybridized carbons (Fsp3) is 0.222. The molecule has 1 aliphatic rings. The van der Waals surface area contributed by atoms with Gasteiger partial charge in [-0.3, -0.25) is 0 Å². The summed E-state index contributed by atoms with van der Waals surface area (Å²) in [5, 5.41) is 0.424. The summed E-state index contributed by atoms with van der Waals surface area (Å²) < 4.78 is 63.5. The first-order chi connectivity index (χ1) is 13.5. The summed E-state index contributed by atoms with van der Waals surface area (Å²) in [6.45, 7) is -6.11. The topological polar surface area (TPSA) is 29.5 Å². The van der Waals surface area contributed by atoms with Gasteiger partial charge in [-0.05, 0) is 49.9 Å². The molecule has 1 heterocycles. The molecule has 1 unspecified atom stereocenters. The zero-order chi connectivity index (χ0) is 21.4. The molecule has 1 aliphatic heterocycles. The van der Waals surface area contributed by atoms with Crippen molar-refractivity contribution in [2.75, 3.05) is 27.1 Å². The molecule has 23 heavy (non-hydrogen) atoms. The van der Waals surface area contributed by atoms with Crippen LogP contribution < -0.4 is 0 Å². The van der Waals surface area contributed by atoms with Gasteiger partial charge in [0.25, 0.3) is 0 Å². The number of hydrogen-bond donors (Lipinski definition) is 0. The third kappa shape index (κ3) is 3.50. The van der Waals surface area contributed by atoms with Crippen molar-refractivity contribution >= 4 is 34.2 Å². The van der Waals surface area contributed by atoms with E-state index in [0.29, 0.717) is 36.6 Å². The molecular formula is C18H18ClNO2S. The molecule has 120 valence electrons. The third-order valence-electron chi connectivity index (χ3n) is 3.38. The minimum atomic E-state index is -2.79. The Morgan fingerprint density at radius 1 is 1.22 bits per heavy atom. The number of likely N-dealkylation sites (N-methyl/N-ethyl adjacent to an activating group) is 1. The van der Waals surface area contributed by atoms with Crippen LogP contribution in [0, 0.1) is 0 Å². The van der Waals surface area contributed by atoms with E-state index in [1.54, 1.807) is 48.5 Å². The average molecular weight is 354 g/mol. The Morgan fingerprint density at radius 2 is 2.04 bits per heavy atom. The first-order valence-corrected chi connectivity index (χ1v) is 8.44. The molecule has 1 atom stereocenters. The number of ether oxygens (including phenoxy) is 1. The molecule has 2 aromatic carbocycles. The Labute approximate surface area is 152 Å². The van der Waals surface area contributed by atoms with Gasteiger partial charge in [0.1, 0.15) is 12.4 Å². The van der Waals surface area contributed by atoms with Crippen molar-refractivity contribution in [1.29, 1.82) is 0 Å². The first-order valence-electron chi connectivity index (χ1n) is 9.91. The van der Waals surface area contributed by atoms with Crippen LogP contribution >= 0.6 is 11.6 Å². The number of benzene rings is 2. The van der Waals surface area contributed by atoms with Gasteiger partial charge in [0.05, 0.1) is 20.6 Å². The van der Waals surface area contributed by atoms with E-state index in [4.69, 9.17) is 24.6 Å². The van der Waals surface area contributed by atoms with Crippen molar-refractivity contribution < 1.29 is 17.2 Å². The number of halogens is 1. The van der Waals surface area contributed by atoms with Crippen LogP contribution in [0.25, 0.3) is 11.8 Å². The van der Waals surface area contributed by atoms with E-state index in [1.807, 2.05) is 0 Å². The van der Waals surface area contributed by atoms with Gasteiger partial charge in [0, 0.05) is 25.4 Å². The maximum atomic E-state index is 13.1. The van der Waals surface area contributed by atoms with Crippen LogP contribution in [-0.2, 0) is 15.5 Å². The van der Waals surface area contributed by atoms with E-state index in [9.17, 15) is 4.21 Å². The number of fused-ring (bicyclic) bond motifs is 2. The van der Waals surface area contributed by atoms with Crippen molar-refractivity contribution in [3.8, 4) is 0 Å². The van der Waals surface area contributed by atoms with Crippen LogP contribution in [-0.4, -0.2) is 36.2 Å². The molecule has 0 saturated heterocycles. The van der Waals surface area contributed by atoms with Gasteiger partial charge < -0.3 is 9.64 Å². The van der Waals surface area contributed by atoms with Gasteiger partial charge in [-0.1, -0.05) is 29.8 Å². The number of rotatable bonds is 4. The molecule has 0 N–H and O–H groups in total. The zero-order valence-electron chi connectivity index (χ0n) is 18.1. The molecule has 0 aliphatic carbocycles. The average Bonchev–Trinajstić information content (AvgIpc) is 2.72. The molecular weight excluding hydrogens is 330 g/mol. The van der Waals surface area contributed by atoms with Crippen LogP contribution in [0.3, 0.4) is 0 Å². The fourth-order valence-electron chi connectivity index (χ4n) is 2.33. The standard InChI is InChI=1S/C18H18ClNO2S/c1-20(2)9-10-22-16-11-13-5-3-4-6-17(13)23(21)18-8-7-14(19)12-15(16)18/h3-8,11-12H,9-10H2,1-2H3/i1D3,2D3. The predicted octanol–water partition coefficient (Wildman–Crippen LogP) is 3.90. The second kappa shape index (κ2) is 6.87. The van der Waals surface area contributed by atoms with E-state index in [1.165, 1.54) is 0 Å². The van der Waals surface area contributed by atoms with E-state index >= 15 is 0 Å². The largest absolute Gasteiger partial charge is 0.492 e. The van der Waals surface area contributed by atoms with Gasteiger partial charge in [-0.15, -0.1) is 0 Å². The van der Waals surface area contributed by atoms with Gasteiger partial charge in [0.15, 0.2) is 0 Å². The summed E-state index contributed by atoms with van der Waals surface area (Å²) in [5.41, 5.74) is 1.21. The van der Waals surface area contributed by atoms with Crippen LogP contribution in [0.15, 0.2) is 52.3 Å². The number of hydrogen-bond acceptors (Lipinski definition) is 3. The Morgan fingerprint density at radius 3 is 2.87 bits per heavy atom. The van der Waals surface area contributed by atoms with E-state index in [0.717, 1.165) is 0 Å². The highest BCUT2D eigenvalue weighted by molar-refractivity contribution is 7.85. The first kappa shape index (κ1) is 10.3. The van der Waals surface area contributed by atoms with E-state index in [2.05, 4.69) is 0 Å². The van der Waals surface area contributed by atoms with Gasteiger partial charge >= 0.3 is 0 Å². The van der Waals surface area contributed by atoms with E-state index in [-0.39, 0.29) is 13.2 Å². The molecule has 0 aromatic heterocycles. The normalized spacial score (nSPS) is 21.3. The smallest absolute Gasteiger partial charge is 0.128 e. The van der Waals surface area contributed by atoms with Gasteiger partial charge in [0.2, 0.25) is 0 Å². The number of nitrogens with zero attached hydrogens (tertiary/aromatic N) is 1. The Kier molecular flexibility index (Phi) is 3.07. The SMILES string of the molecule is [2H]C([2H])([2H])N(CCOC1=Cc2ccccc2S(=O)c2ccc(Cl)cc21)C([2H])([2H])[2H]. The van der Waals surface area contributed by atoms with Crippen molar-refractivity contribution in [3.63, 3.8) is 0 Å². The summed E-state index contributed by atoms with van der Waals surface area (Å²) in [7, 11) is -1.46. The molecule has 3 rings (SSSR count). The summed E-state index contributed by atoms with van der Waals surface area (Å²) in [6.07, 6.45) is 1.70. The summed E-state index contributed by atoms with van der Waals surface area (Å²) in [5.74, 6) is 0.344. The van der Waals surface area contributed by atoms with Crippen LogP contribution in [0.2, 0.25) is 5.02 Å². The van der Waals surface area contributed by atoms with Crippen molar-refractivity contribution in [2.45, 2.75) is 9.79 Å². The second-order valence-electron chi connectivity index (χ2n) is 4.96. The Bertz CT molecular complexity index is 960. The Hall–Kier alpha value is -1.62. The molecule has 0 bridgehead atoms. The highest BCUT2D eigenvalue weighted by atomic mass is 35.5.